The van der Waals surface area contributed by atoms with Crippen LogP contribution in [-0.4, -0.2) is 27.7 Å². The molecule has 22 heavy (non-hydrogen) atoms. The summed E-state index contributed by atoms with van der Waals surface area (Å²) >= 11 is 1.39. The Kier molecular flexibility index (Phi) is 4.34. The summed E-state index contributed by atoms with van der Waals surface area (Å²) in [6.07, 6.45) is 0.743. The number of nitrogens with zero attached hydrogens (tertiary/aromatic N) is 3. The summed E-state index contributed by atoms with van der Waals surface area (Å²) in [5, 5.41) is 11.5. The lowest BCUT2D eigenvalue weighted by molar-refractivity contribution is 0.874. The average molecular weight is 315 g/mol. The van der Waals surface area contributed by atoms with Crippen molar-refractivity contribution in [3.63, 3.8) is 0 Å². The van der Waals surface area contributed by atoms with Crippen molar-refractivity contribution in [2.24, 2.45) is 0 Å². The van der Waals surface area contributed by atoms with E-state index in [0.29, 0.717) is 16.6 Å². The van der Waals surface area contributed by atoms with E-state index in [1.165, 1.54) is 21.9 Å². The highest BCUT2D eigenvalue weighted by molar-refractivity contribution is 7.20. The van der Waals surface area contributed by atoms with E-state index in [9.17, 15) is 4.79 Å². The molecule has 3 aromatic rings. The van der Waals surface area contributed by atoms with Gasteiger partial charge in [-0.05, 0) is 18.6 Å². The number of fused-ring (bicyclic) bond motifs is 1. The van der Waals surface area contributed by atoms with Crippen LogP contribution in [0.4, 0.5) is 10.8 Å². The van der Waals surface area contributed by atoms with Crippen LogP contribution in [0.15, 0.2) is 41.2 Å². The third kappa shape index (κ3) is 3.25. The molecular weight excluding hydrogens is 298 g/mol. The first-order valence-electron chi connectivity index (χ1n) is 7.19. The number of anilines is 2. The smallest absolute Gasteiger partial charge is 0.275 e. The molecule has 0 radical (unpaired) electrons. The average Bonchev–Trinajstić information content (AvgIpc) is 2.96. The van der Waals surface area contributed by atoms with E-state index >= 15 is 0 Å². The zero-order chi connectivity index (χ0) is 15.4. The predicted octanol–water partition coefficient (Wildman–Crippen LogP) is 2.24. The van der Waals surface area contributed by atoms with E-state index in [2.05, 4.69) is 20.7 Å². The molecule has 0 amide bonds. The van der Waals surface area contributed by atoms with Gasteiger partial charge in [-0.1, -0.05) is 36.5 Å². The van der Waals surface area contributed by atoms with Gasteiger partial charge in [0, 0.05) is 30.5 Å². The van der Waals surface area contributed by atoms with Crippen molar-refractivity contribution in [3.05, 3.63) is 52.4 Å². The second kappa shape index (κ2) is 6.57. The van der Waals surface area contributed by atoms with E-state index in [0.717, 1.165) is 24.3 Å². The van der Waals surface area contributed by atoms with Crippen molar-refractivity contribution in [3.8, 4) is 0 Å². The van der Waals surface area contributed by atoms with E-state index in [1.807, 2.05) is 37.3 Å². The van der Waals surface area contributed by atoms with E-state index in [-0.39, 0.29) is 5.56 Å². The van der Waals surface area contributed by atoms with Crippen molar-refractivity contribution in [1.29, 1.82) is 0 Å². The number of aromatic nitrogens is 3. The predicted molar refractivity (Wildman–Crippen MR) is 89.9 cm³/mol. The monoisotopic (exact) mass is 315 g/mol. The summed E-state index contributed by atoms with van der Waals surface area (Å²) in [6, 6.07) is 11.5. The van der Waals surface area contributed by atoms with Gasteiger partial charge in [-0.15, -0.1) is 5.10 Å². The summed E-state index contributed by atoms with van der Waals surface area (Å²) in [5.74, 6) is 0. The van der Waals surface area contributed by atoms with Gasteiger partial charge in [-0.25, -0.2) is 4.98 Å². The van der Waals surface area contributed by atoms with Gasteiger partial charge in [0.2, 0.25) is 10.1 Å². The maximum atomic E-state index is 11.9. The normalized spacial score (nSPS) is 10.8. The molecule has 3 rings (SSSR count). The third-order valence-electron chi connectivity index (χ3n) is 3.16. The molecule has 0 aliphatic carbocycles. The highest BCUT2D eigenvalue weighted by atomic mass is 32.1. The molecule has 0 unspecified atom stereocenters. The summed E-state index contributed by atoms with van der Waals surface area (Å²) in [4.78, 5) is 17.0. The van der Waals surface area contributed by atoms with Gasteiger partial charge in [-0.3, -0.25) is 4.79 Å². The lowest BCUT2D eigenvalue weighted by Crippen LogP contribution is -2.16. The number of nitrogens with one attached hydrogen (secondary N) is 2. The molecule has 0 saturated carbocycles. The Morgan fingerprint density at radius 2 is 1.95 bits per heavy atom. The van der Waals surface area contributed by atoms with Gasteiger partial charge >= 0.3 is 0 Å². The maximum absolute atomic E-state index is 11.9. The number of benzene rings is 1. The van der Waals surface area contributed by atoms with Crippen LogP contribution in [0.25, 0.3) is 4.96 Å². The molecule has 2 N–H and O–H groups in total. The molecular formula is C15H17N5OS. The van der Waals surface area contributed by atoms with Crippen molar-refractivity contribution in [2.45, 2.75) is 13.3 Å². The first-order chi connectivity index (χ1) is 10.8. The minimum atomic E-state index is -0.131. The van der Waals surface area contributed by atoms with Gasteiger partial charge in [0.1, 0.15) is 0 Å². The molecule has 0 aliphatic heterocycles. The fourth-order valence-corrected chi connectivity index (χ4v) is 2.89. The van der Waals surface area contributed by atoms with Crippen molar-refractivity contribution in [1.82, 2.24) is 14.6 Å². The molecule has 1 aromatic carbocycles. The highest BCUT2D eigenvalue weighted by Crippen LogP contribution is 2.16. The molecule has 0 saturated heterocycles. The van der Waals surface area contributed by atoms with Crippen LogP contribution in [0, 0.1) is 0 Å². The minimum Gasteiger partial charge on any atom is -0.383 e. The van der Waals surface area contributed by atoms with Crippen LogP contribution in [0.1, 0.15) is 12.6 Å². The summed E-state index contributed by atoms with van der Waals surface area (Å²) < 4.78 is 1.34. The van der Waals surface area contributed by atoms with Crippen molar-refractivity contribution in [2.75, 3.05) is 23.7 Å². The van der Waals surface area contributed by atoms with E-state index < -0.39 is 0 Å². The molecule has 2 aromatic heterocycles. The van der Waals surface area contributed by atoms with Gasteiger partial charge in [0.05, 0.1) is 0 Å². The van der Waals surface area contributed by atoms with Gasteiger partial charge in [0.25, 0.3) is 5.56 Å². The molecule has 0 bridgehead atoms. The van der Waals surface area contributed by atoms with Gasteiger partial charge in [0.15, 0.2) is 0 Å². The molecule has 6 nitrogen and oxygen atoms in total. The molecule has 0 spiro atoms. The van der Waals surface area contributed by atoms with E-state index in [1.54, 1.807) is 0 Å². The van der Waals surface area contributed by atoms with Gasteiger partial charge in [-0.2, -0.15) is 4.52 Å². The highest BCUT2D eigenvalue weighted by Gasteiger charge is 2.07. The standard InChI is InChI=1S/C15H17N5OS/c1-2-11-10-13(21)20-15(18-11)22-14(19-20)17-9-8-16-12-6-4-3-5-7-12/h3-7,10,16H,2,8-9H2,1H3,(H,17,19). The maximum Gasteiger partial charge on any atom is 0.275 e. The fraction of sp³-hybridized carbons (Fsp3) is 0.267. The topological polar surface area (TPSA) is 71.3 Å². The summed E-state index contributed by atoms with van der Waals surface area (Å²) in [5.41, 5.74) is 1.75. The number of aryl methyl sites for hydroxylation is 1. The number of rotatable bonds is 6. The SMILES string of the molecule is CCc1cc(=O)n2nc(NCCNc3ccccc3)sc2n1. The molecule has 7 heteroatoms. The largest absolute Gasteiger partial charge is 0.383 e. The first kappa shape index (κ1) is 14.5. The second-order valence-electron chi connectivity index (χ2n) is 4.76. The Labute approximate surface area is 131 Å². The summed E-state index contributed by atoms with van der Waals surface area (Å²) in [7, 11) is 0. The molecule has 114 valence electrons. The van der Waals surface area contributed by atoms with Crippen LogP contribution in [0.5, 0.6) is 0 Å². The zero-order valence-corrected chi connectivity index (χ0v) is 13.1. The Morgan fingerprint density at radius 1 is 1.18 bits per heavy atom. The van der Waals surface area contributed by atoms with Crippen molar-refractivity contribution >= 4 is 27.1 Å². The molecule has 2 heterocycles. The van der Waals surface area contributed by atoms with Crippen LogP contribution in [0.3, 0.4) is 0 Å². The Hall–Kier alpha value is -2.41. The van der Waals surface area contributed by atoms with Crippen LogP contribution in [-0.2, 0) is 6.42 Å². The van der Waals surface area contributed by atoms with Crippen LogP contribution < -0.4 is 16.2 Å². The Morgan fingerprint density at radius 3 is 2.73 bits per heavy atom. The minimum absolute atomic E-state index is 0.131. The lowest BCUT2D eigenvalue weighted by atomic mass is 10.3. The quantitative estimate of drug-likeness (QED) is 0.683. The lowest BCUT2D eigenvalue weighted by Gasteiger charge is -2.05. The number of para-hydroxylation sites is 1. The van der Waals surface area contributed by atoms with Gasteiger partial charge < -0.3 is 10.6 Å². The summed E-state index contributed by atoms with van der Waals surface area (Å²) in [6.45, 7) is 3.46. The fourth-order valence-electron chi connectivity index (χ4n) is 2.04. The zero-order valence-electron chi connectivity index (χ0n) is 12.2. The Balaban J connectivity index is 1.62. The molecule has 0 fully saturated rings. The second-order valence-corrected chi connectivity index (χ2v) is 5.72. The number of hydrogen-bond acceptors (Lipinski definition) is 6. The van der Waals surface area contributed by atoms with Crippen LogP contribution >= 0.6 is 11.3 Å². The first-order valence-corrected chi connectivity index (χ1v) is 8.00. The van der Waals surface area contributed by atoms with Crippen LogP contribution in [0.2, 0.25) is 0 Å². The van der Waals surface area contributed by atoms with E-state index in [4.69, 9.17) is 0 Å². The number of hydrogen-bond donors (Lipinski definition) is 2. The Bertz CT molecular complexity index is 812. The third-order valence-corrected chi connectivity index (χ3v) is 4.03. The van der Waals surface area contributed by atoms with Crippen molar-refractivity contribution < 1.29 is 0 Å². The molecule has 0 aliphatic rings. The molecule has 0 atom stereocenters.